The van der Waals surface area contributed by atoms with Crippen molar-refractivity contribution in [1.29, 1.82) is 0 Å². The lowest BCUT2D eigenvalue weighted by Crippen LogP contribution is -2.26. The standard InChI is InChI=1S/C26H40O2/c1-2-3-4-5-20-8-14-23(15-9-20)24-16-10-21(11-17-24)6-7-22-12-18-25(19-13-22)26(27)28/h12-13,18-21,23-24H,2-11,14-17H2,1H3,(H,27,28). The van der Waals surface area contributed by atoms with Crippen molar-refractivity contribution in [2.45, 2.75) is 96.8 Å². The summed E-state index contributed by atoms with van der Waals surface area (Å²) in [6.07, 6.45) is 19.8. The number of aryl methyl sites for hydroxylation is 1. The zero-order chi connectivity index (χ0) is 19.8. The molecule has 1 aromatic rings. The maximum absolute atomic E-state index is 11.0. The third-order valence-corrected chi connectivity index (χ3v) is 7.71. The molecule has 2 aliphatic rings. The SMILES string of the molecule is CCCCCC1CCC(C2CCC(CCc3ccc(C(=O)O)cc3)CC2)CC1. The van der Waals surface area contributed by atoms with Crippen LogP contribution in [0.25, 0.3) is 0 Å². The van der Waals surface area contributed by atoms with E-state index in [1.54, 1.807) is 12.1 Å². The van der Waals surface area contributed by atoms with Crippen molar-refractivity contribution < 1.29 is 9.90 Å². The van der Waals surface area contributed by atoms with E-state index in [-0.39, 0.29) is 0 Å². The van der Waals surface area contributed by atoms with Gasteiger partial charge in [0.25, 0.3) is 0 Å². The molecular weight excluding hydrogens is 344 g/mol. The monoisotopic (exact) mass is 384 g/mol. The van der Waals surface area contributed by atoms with Crippen molar-refractivity contribution >= 4 is 5.97 Å². The summed E-state index contributed by atoms with van der Waals surface area (Å²) in [6, 6.07) is 7.47. The first-order chi connectivity index (χ1) is 13.7. The average molecular weight is 385 g/mol. The summed E-state index contributed by atoms with van der Waals surface area (Å²) in [7, 11) is 0. The molecule has 0 aliphatic heterocycles. The number of aromatic carboxylic acids is 1. The van der Waals surface area contributed by atoms with Gasteiger partial charge in [-0.1, -0.05) is 70.4 Å². The van der Waals surface area contributed by atoms with E-state index < -0.39 is 5.97 Å². The van der Waals surface area contributed by atoms with E-state index in [2.05, 4.69) is 6.92 Å². The molecule has 0 radical (unpaired) electrons. The fraction of sp³-hybridized carbons (Fsp3) is 0.731. The molecule has 2 heteroatoms. The normalized spacial score (nSPS) is 28.2. The molecule has 0 bridgehead atoms. The Balaban J connectivity index is 1.33. The first kappa shape index (κ1) is 21.4. The molecule has 28 heavy (non-hydrogen) atoms. The lowest BCUT2D eigenvalue weighted by molar-refractivity contribution is 0.0697. The molecule has 0 unspecified atom stereocenters. The minimum Gasteiger partial charge on any atom is -0.478 e. The Labute approximate surface area is 172 Å². The van der Waals surface area contributed by atoms with Gasteiger partial charge >= 0.3 is 5.97 Å². The van der Waals surface area contributed by atoms with E-state index in [1.807, 2.05) is 12.1 Å². The Kier molecular flexibility index (Phi) is 8.43. The van der Waals surface area contributed by atoms with Crippen LogP contribution in [-0.4, -0.2) is 11.1 Å². The van der Waals surface area contributed by atoms with Crippen LogP contribution >= 0.6 is 0 Å². The molecular formula is C26H40O2. The number of hydrogen-bond acceptors (Lipinski definition) is 1. The highest BCUT2D eigenvalue weighted by atomic mass is 16.4. The Morgan fingerprint density at radius 1 is 0.821 bits per heavy atom. The van der Waals surface area contributed by atoms with Gasteiger partial charge in [-0.15, -0.1) is 0 Å². The lowest BCUT2D eigenvalue weighted by atomic mass is 9.68. The minimum atomic E-state index is -0.833. The number of benzene rings is 1. The molecule has 2 fully saturated rings. The zero-order valence-electron chi connectivity index (χ0n) is 17.9. The predicted octanol–water partition coefficient (Wildman–Crippen LogP) is 7.51. The molecule has 0 atom stereocenters. The highest BCUT2D eigenvalue weighted by Gasteiger charge is 2.30. The maximum atomic E-state index is 11.0. The van der Waals surface area contributed by atoms with E-state index >= 15 is 0 Å². The number of carboxylic acid groups (broad SMARTS) is 1. The van der Waals surface area contributed by atoms with E-state index in [0.29, 0.717) is 5.56 Å². The topological polar surface area (TPSA) is 37.3 Å². The third-order valence-electron chi connectivity index (χ3n) is 7.71. The van der Waals surface area contributed by atoms with Crippen LogP contribution in [0.1, 0.15) is 106 Å². The summed E-state index contributed by atoms with van der Waals surface area (Å²) < 4.78 is 0. The fourth-order valence-corrected chi connectivity index (χ4v) is 5.76. The molecule has 2 saturated carbocycles. The van der Waals surface area contributed by atoms with Crippen molar-refractivity contribution in [3.05, 3.63) is 35.4 Å². The molecule has 2 aliphatic carbocycles. The quantitative estimate of drug-likeness (QED) is 0.447. The van der Waals surface area contributed by atoms with Crippen LogP contribution in [0.4, 0.5) is 0 Å². The molecule has 0 saturated heterocycles. The molecule has 156 valence electrons. The first-order valence-corrected chi connectivity index (χ1v) is 12.0. The Morgan fingerprint density at radius 3 is 1.86 bits per heavy atom. The van der Waals surface area contributed by atoms with Crippen molar-refractivity contribution in [3.63, 3.8) is 0 Å². The van der Waals surface area contributed by atoms with Crippen LogP contribution in [0.2, 0.25) is 0 Å². The summed E-state index contributed by atoms with van der Waals surface area (Å²) >= 11 is 0. The predicted molar refractivity (Wildman–Crippen MR) is 117 cm³/mol. The van der Waals surface area contributed by atoms with Gasteiger partial charge in [0, 0.05) is 0 Å². The second-order valence-electron chi connectivity index (χ2n) is 9.60. The Bertz CT molecular complexity index is 575. The van der Waals surface area contributed by atoms with Gasteiger partial charge in [-0.25, -0.2) is 4.79 Å². The number of rotatable bonds is 9. The molecule has 1 aromatic carbocycles. The van der Waals surface area contributed by atoms with E-state index in [0.717, 1.165) is 30.1 Å². The number of carboxylic acids is 1. The maximum Gasteiger partial charge on any atom is 0.335 e. The van der Waals surface area contributed by atoms with Gasteiger partial charge in [0.1, 0.15) is 0 Å². The highest BCUT2D eigenvalue weighted by molar-refractivity contribution is 5.87. The van der Waals surface area contributed by atoms with Gasteiger partial charge in [-0.05, 0) is 79.9 Å². The fourth-order valence-electron chi connectivity index (χ4n) is 5.76. The lowest BCUT2D eigenvalue weighted by Gasteiger charge is -2.38. The van der Waals surface area contributed by atoms with Crippen molar-refractivity contribution in [2.24, 2.45) is 23.7 Å². The largest absolute Gasteiger partial charge is 0.478 e. The van der Waals surface area contributed by atoms with Crippen LogP contribution in [0.3, 0.4) is 0 Å². The van der Waals surface area contributed by atoms with Gasteiger partial charge in [0.15, 0.2) is 0 Å². The van der Waals surface area contributed by atoms with Crippen molar-refractivity contribution in [2.75, 3.05) is 0 Å². The summed E-state index contributed by atoms with van der Waals surface area (Å²) in [5.74, 6) is 3.10. The molecule has 0 aromatic heterocycles. The molecule has 0 amide bonds. The number of unbranched alkanes of at least 4 members (excludes halogenated alkanes) is 2. The molecule has 2 nitrogen and oxygen atoms in total. The zero-order valence-corrected chi connectivity index (χ0v) is 17.9. The van der Waals surface area contributed by atoms with Gasteiger partial charge < -0.3 is 5.11 Å². The number of carbonyl (C=O) groups is 1. The van der Waals surface area contributed by atoms with Crippen LogP contribution in [0.5, 0.6) is 0 Å². The van der Waals surface area contributed by atoms with Gasteiger partial charge in [0.2, 0.25) is 0 Å². The first-order valence-electron chi connectivity index (χ1n) is 12.0. The molecule has 0 heterocycles. The van der Waals surface area contributed by atoms with Crippen molar-refractivity contribution in [1.82, 2.24) is 0 Å². The molecule has 3 rings (SSSR count). The van der Waals surface area contributed by atoms with E-state index in [4.69, 9.17) is 5.11 Å². The van der Waals surface area contributed by atoms with Gasteiger partial charge in [-0.3, -0.25) is 0 Å². The van der Waals surface area contributed by atoms with Gasteiger partial charge in [0.05, 0.1) is 5.56 Å². The van der Waals surface area contributed by atoms with E-state index in [9.17, 15) is 4.79 Å². The second-order valence-corrected chi connectivity index (χ2v) is 9.60. The summed E-state index contributed by atoms with van der Waals surface area (Å²) in [5.41, 5.74) is 1.68. The van der Waals surface area contributed by atoms with Gasteiger partial charge in [-0.2, -0.15) is 0 Å². The molecule has 1 N–H and O–H groups in total. The highest BCUT2D eigenvalue weighted by Crippen LogP contribution is 2.43. The van der Waals surface area contributed by atoms with Crippen LogP contribution in [0.15, 0.2) is 24.3 Å². The Morgan fingerprint density at radius 2 is 1.36 bits per heavy atom. The van der Waals surface area contributed by atoms with Crippen LogP contribution in [-0.2, 0) is 6.42 Å². The summed E-state index contributed by atoms with van der Waals surface area (Å²) in [5, 5.41) is 9.00. The second kappa shape index (κ2) is 11.0. The van der Waals surface area contributed by atoms with Crippen LogP contribution < -0.4 is 0 Å². The Hall–Kier alpha value is -1.31. The smallest absolute Gasteiger partial charge is 0.335 e. The summed E-state index contributed by atoms with van der Waals surface area (Å²) in [6.45, 7) is 2.31. The molecule has 0 spiro atoms. The summed E-state index contributed by atoms with van der Waals surface area (Å²) in [4.78, 5) is 11.0. The van der Waals surface area contributed by atoms with E-state index in [1.165, 1.54) is 89.0 Å². The number of hydrogen-bond donors (Lipinski definition) is 1. The third kappa shape index (κ3) is 6.36. The van der Waals surface area contributed by atoms with Crippen molar-refractivity contribution in [3.8, 4) is 0 Å². The van der Waals surface area contributed by atoms with Crippen LogP contribution in [0, 0.1) is 23.7 Å². The average Bonchev–Trinajstić information content (AvgIpc) is 2.74. The minimum absolute atomic E-state index is 0.393.